The summed E-state index contributed by atoms with van der Waals surface area (Å²) in [5.74, 6) is 0.911. The zero-order chi connectivity index (χ0) is 18.7. The average Bonchev–Trinajstić information content (AvgIpc) is 3.39. The summed E-state index contributed by atoms with van der Waals surface area (Å²) in [5, 5.41) is 11.5. The third-order valence-corrected chi connectivity index (χ3v) is 6.89. The second-order valence-electron chi connectivity index (χ2n) is 6.38. The van der Waals surface area contributed by atoms with Crippen molar-refractivity contribution in [3.05, 3.63) is 64.7 Å². The van der Waals surface area contributed by atoms with E-state index in [0.717, 1.165) is 23.3 Å². The molecular weight excluding hydrogens is 382 g/mol. The van der Waals surface area contributed by atoms with Crippen LogP contribution in [-0.4, -0.2) is 36.0 Å². The molecule has 6 nitrogen and oxygen atoms in total. The standard InChI is InChI=1S/C19H19N3O3S2/c23-27(24,13-10-15-6-2-1-3-7-15)22-11-4-8-16(14-22)18-20-21-19(25-18)17-9-5-12-26-17/h1-3,5-7,9-10,12-13,16H,4,8,11,14H2/b13-10+/t16-/m0/s1. The number of sulfonamides is 1. The molecule has 1 saturated heterocycles. The number of thiophene rings is 1. The molecule has 4 rings (SSSR count). The van der Waals surface area contributed by atoms with Crippen LogP contribution in [0.15, 0.2) is 57.7 Å². The smallest absolute Gasteiger partial charge is 0.257 e. The summed E-state index contributed by atoms with van der Waals surface area (Å²) in [7, 11) is -3.49. The molecule has 1 aliphatic rings. The van der Waals surface area contributed by atoms with Gasteiger partial charge in [0, 0.05) is 18.5 Å². The lowest BCUT2D eigenvalue weighted by molar-refractivity contribution is 0.288. The molecule has 1 atom stereocenters. The summed E-state index contributed by atoms with van der Waals surface area (Å²) < 4.78 is 32.7. The molecule has 0 saturated carbocycles. The van der Waals surface area contributed by atoms with Crippen LogP contribution in [0.3, 0.4) is 0 Å². The maximum absolute atomic E-state index is 12.7. The lowest BCUT2D eigenvalue weighted by atomic mass is 10.00. The van der Waals surface area contributed by atoms with Gasteiger partial charge in [-0.1, -0.05) is 36.4 Å². The third kappa shape index (κ3) is 4.18. The van der Waals surface area contributed by atoms with Crippen molar-refractivity contribution in [3.63, 3.8) is 0 Å². The van der Waals surface area contributed by atoms with Gasteiger partial charge in [-0.15, -0.1) is 21.5 Å². The summed E-state index contributed by atoms with van der Waals surface area (Å²) in [6, 6.07) is 13.3. The van der Waals surface area contributed by atoms with Gasteiger partial charge in [0.15, 0.2) is 0 Å². The number of aromatic nitrogens is 2. The van der Waals surface area contributed by atoms with E-state index >= 15 is 0 Å². The quantitative estimate of drug-likeness (QED) is 0.646. The Hall–Kier alpha value is -2.29. The molecule has 0 bridgehead atoms. The van der Waals surface area contributed by atoms with Gasteiger partial charge in [0.1, 0.15) is 0 Å². The summed E-state index contributed by atoms with van der Waals surface area (Å²) in [5.41, 5.74) is 0.854. The molecule has 1 aliphatic heterocycles. The Morgan fingerprint density at radius 2 is 2.00 bits per heavy atom. The molecule has 8 heteroatoms. The van der Waals surface area contributed by atoms with Gasteiger partial charge < -0.3 is 4.42 Å². The first-order chi connectivity index (χ1) is 13.1. The van der Waals surface area contributed by atoms with E-state index in [2.05, 4.69) is 10.2 Å². The monoisotopic (exact) mass is 401 g/mol. The molecule has 0 unspecified atom stereocenters. The fourth-order valence-corrected chi connectivity index (χ4v) is 5.01. The maximum atomic E-state index is 12.7. The van der Waals surface area contributed by atoms with E-state index in [1.54, 1.807) is 6.08 Å². The van der Waals surface area contributed by atoms with E-state index in [1.165, 1.54) is 21.1 Å². The van der Waals surface area contributed by atoms with Crippen LogP contribution in [-0.2, 0) is 10.0 Å². The van der Waals surface area contributed by atoms with Crippen LogP contribution < -0.4 is 0 Å². The van der Waals surface area contributed by atoms with E-state index < -0.39 is 10.0 Å². The summed E-state index contributed by atoms with van der Waals surface area (Å²) >= 11 is 1.53. The first-order valence-corrected chi connectivity index (χ1v) is 11.1. The molecule has 0 spiro atoms. The normalized spacial score (nSPS) is 18.9. The van der Waals surface area contributed by atoms with Gasteiger partial charge in [-0.25, -0.2) is 8.42 Å². The molecule has 27 heavy (non-hydrogen) atoms. The number of rotatable bonds is 5. The third-order valence-electron chi connectivity index (χ3n) is 4.50. The highest BCUT2D eigenvalue weighted by atomic mass is 32.2. The fourth-order valence-electron chi connectivity index (χ4n) is 3.09. The first-order valence-electron chi connectivity index (χ1n) is 8.72. The Morgan fingerprint density at radius 1 is 1.15 bits per heavy atom. The molecule has 0 aliphatic carbocycles. The van der Waals surface area contributed by atoms with Crippen LogP contribution in [0.5, 0.6) is 0 Å². The number of hydrogen-bond acceptors (Lipinski definition) is 6. The Labute approximate surface area is 162 Å². The molecule has 2 aromatic heterocycles. The van der Waals surface area contributed by atoms with Crippen molar-refractivity contribution >= 4 is 27.4 Å². The van der Waals surface area contributed by atoms with Gasteiger partial charge in [-0.2, -0.15) is 4.31 Å². The molecule has 3 heterocycles. The molecule has 0 N–H and O–H groups in total. The van der Waals surface area contributed by atoms with Crippen molar-refractivity contribution in [2.75, 3.05) is 13.1 Å². The van der Waals surface area contributed by atoms with Crippen molar-refractivity contribution in [2.24, 2.45) is 0 Å². The predicted molar refractivity (Wildman–Crippen MR) is 106 cm³/mol. The molecule has 140 valence electrons. The van der Waals surface area contributed by atoms with Crippen LogP contribution in [0.1, 0.15) is 30.2 Å². The molecule has 0 amide bonds. The lowest BCUT2D eigenvalue weighted by Gasteiger charge is -2.29. The number of nitrogens with zero attached hydrogens (tertiary/aromatic N) is 3. The van der Waals surface area contributed by atoms with Crippen LogP contribution in [0, 0.1) is 0 Å². The van der Waals surface area contributed by atoms with Gasteiger partial charge in [0.2, 0.25) is 15.9 Å². The van der Waals surface area contributed by atoms with Gasteiger partial charge in [0.05, 0.1) is 10.8 Å². The molecular formula is C19H19N3O3S2. The van der Waals surface area contributed by atoms with Gasteiger partial charge in [-0.3, -0.25) is 0 Å². The number of hydrogen-bond donors (Lipinski definition) is 0. The zero-order valence-corrected chi connectivity index (χ0v) is 16.2. The summed E-state index contributed by atoms with van der Waals surface area (Å²) in [6.45, 7) is 0.859. The highest BCUT2D eigenvalue weighted by molar-refractivity contribution is 7.92. The van der Waals surface area contributed by atoms with Crippen molar-refractivity contribution in [1.82, 2.24) is 14.5 Å². The maximum Gasteiger partial charge on any atom is 0.257 e. The first kappa shape index (κ1) is 18.1. The van der Waals surface area contributed by atoms with Gasteiger partial charge >= 0.3 is 0 Å². The van der Waals surface area contributed by atoms with E-state index in [-0.39, 0.29) is 5.92 Å². The largest absolute Gasteiger partial charge is 0.420 e. The average molecular weight is 402 g/mol. The van der Waals surface area contributed by atoms with E-state index in [9.17, 15) is 8.42 Å². The zero-order valence-electron chi connectivity index (χ0n) is 14.6. The minimum absolute atomic E-state index is 0.0835. The second-order valence-corrected chi connectivity index (χ2v) is 9.14. The highest BCUT2D eigenvalue weighted by Gasteiger charge is 2.31. The van der Waals surface area contributed by atoms with E-state index in [4.69, 9.17) is 4.42 Å². The highest BCUT2D eigenvalue weighted by Crippen LogP contribution is 2.31. The molecule has 0 radical (unpaired) electrons. The van der Waals surface area contributed by atoms with Crippen molar-refractivity contribution in [2.45, 2.75) is 18.8 Å². The Kier molecular flexibility index (Phi) is 5.20. The summed E-state index contributed by atoms with van der Waals surface area (Å²) in [4.78, 5) is 0.917. The number of benzene rings is 1. The Morgan fingerprint density at radius 3 is 2.78 bits per heavy atom. The molecule has 1 fully saturated rings. The Balaban J connectivity index is 1.48. The fraction of sp³-hybridized carbons (Fsp3) is 0.263. The SMILES string of the molecule is O=S(=O)(/C=C/c1ccccc1)N1CCC[C@H](c2nnc(-c3cccs3)o2)C1. The molecule has 1 aromatic carbocycles. The second kappa shape index (κ2) is 7.75. The predicted octanol–water partition coefficient (Wildman–Crippen LogP) is 3.98. The number of piperidine rings is 1. The van der Waals surface area contributed by atoms with Crippen LogP contribution in [0.2, 0.25) is 0 Å². The minimum atomic E-state index is -3.49. The van der Waals surface area contributed by atoms with Crippen molar-refractivity contribution in [3.8, 4) is 10.8 Å². The molecule has 3 aromatic rings. The van der Waals surface area contributed by atoms with Crippen LogP contribution in [0.25, 0.3) is 16.8 Å². The summed E-state index contributed by atoms with van der Waals surface area (Å²) in [6.07, 6.45) is 3.22. The Bertz CT molecular complexity index is 1010. The van der Waals surface area contributed by atoms with Crippen molar-refractivity contribution < 1.29 is 12.8 Å². The van der Waals surface area contributed by atoms with Gasteiger partial charge in [-0.05, 0) is 35.9 Å². The topological polar surface area (TPSA) is 76.3 Å². The van der Waals surface area contributed by atoms with Crippen LogP contribution in [0.4, 0.5) is 0 Å². The van der Waals surface area contributed by atoms with Gasteiger partial charge in [0.25, 0.3) is 5.89 Å². The lowest BCUT2D eigenvalue weighted by Crippen LogP contribution is -2.38. The minimum Gasteiger partial charge on any atom is -0.420 e. The van der Waals surface area contributed by atoms with Crippen molar-refractivity contribution in [1.29, 1.82) is 0 Å². The van der Waals surface area contributed by atoms with E-state index in [0.29, 0.717) is 24.9 Å². The van der Waals surface area contributed by atoms with E-state index in [1.807, 2.05) is 47.8 Å². The van der Waals surface area contributed by atoms with Crippen LogP contribution >= 0.6 is 11.3 Å².